The molecule has 0 spiro atoms. The number of aliphatic imine (C=N–C) groups is 1. The van der Waals surface area contributed by atoms with Crippen molar-refractivity contribution in [1.82, 2.24) is 0 Å². The van der Waals surface area contributed by atoms with Crippen LogP contribution in [0.1, 0.15) is 0 Å². The minimum atomic E-state index is -5.84. The fraction of sp³-hybridized carbons (Fsp3) is 0.750. The lowest BCUT2D eigenvalue weighted by Crippen LogP contribution is -2.23. The largest absolute Gasteiger partial charge is 0.522 e. The van der Waals surface area contributed by atoms with Gasteiger partial charge in [-0.05, 0) is 0 Å². The highest BCUT2D eigenvalue weighted by molar-refractivity contribution is 7.86. The number of guanidine groups is 1. The molecule has 0 unspecified atom stereocenters. The highest BCUT2D eigenvalue weighted by Crippen LogP contribution is 2.20. The number of rotatable bonds is 2. The van der Waals surface area contributed by atoms with Crippen LogP contribution in [-0.2, 0) is 10.1 Å². The highest BCUT2D eigenvalue weighted by Gasteiger charge is 2.44. The summed E-state index contributed by atoms with van der Waals surface area (Å²) >= 11 is 0. The summed E-state index contributed by atoms with van der Waals surface area (Å²) in [4.78, 5) is 3.47. The second-order valence-electron chi connectivity index (χ2n) is 1.95. The van der Waals surface area contributed by atoms with Gasteiger partial charge in [0.05, 0.1) is 13.2 Å². The molecule has 0 amide bonds. The molecule has 0 saturated carbocycles. The van der Waals surface area contributed by atoms with Gasteiger partial charge in [0.15, 0.2) is 5.96 Å². The third-order valence-corrected chi connectivity index (χ3v) is 1.27. The monoisotopic (exact) mass is 253 g/mol. The first-order valence-corrected chi connectivity index (χ1v) is 4.66. The van der Waals surface area contributed by atoms with Gasteiger partial charge in [0.1, 0.15) is 0 Å². The van der Waals surface area contributed by atoms with Gasteiger partial charge in [-0.2, -0.15) is 21.6 Å². The maximum atomic E-state index is 10.7. The summed E-state index contributed by atoms with van der Waals surface area (Å²) in [7, 11) is -5.84. The van der Waals surface area contributed by atoms with Gasteiger partial charge in [0.25, 0.3) is 0 Å². The van der Waals surface area contributed by atoms with Crippen LogP contribution in [0, 0.1) is 0 Å². The van der Waals surface area contributed by atoms with Crippen molar-refractivity contribution in [2.45, 2.75) is 5.51 Å². The lowest BCUT2D eigenvalue weighted by atomic mass is 10.7. The normalized spacial score (nSPS) is 11.3. The SMILES string of the molecule is NC(N)=NCCO.O=S(=O)(O)C(F)(F)F. The number of halogens is 3. The number of aliphatic hydroxyl groups excluding tert-OH is 1. The van der Waals surface area contributed by atoms with Crippen molar-refractivity contribution in [2.24, 2.45) is 16.5 Å². The molecule has 92 valence electrons. The molecule has 0 aromatic heterocycles. The van der Waals surface area contributed by atoms with Crippen molar-refractivity contribution in [3.05, 3.63) is 0 Å². The molecule has 0 rings (SSSR count). The molecule has 0 fully saturated rings. The number of nitrogens with two attached hydrogens (primary N) is 2. The zero-order chi connectivity index (χ0) is 12.7. The van der Waals surface area contributed by atoms with E-state index in [1.54, 1.807) is 0 Å². The minimum absolute atomic E-state index is 0.00208. The van der Waals surface area contributed by atoms with Gasteiger partial charge in [-0.3, -0.25) is 9.55 Å². The van der Waals surface area contributed by atoms with Crippen molar-refractivity contribution in [2.75, 3.05) is 13.2 Å². The van der Waals surface area contributed by atoms with E-state index in [1.807, 2.05) is 0 Å². The zero-order valence-electron chi connectivity index (χ0n) is 7.27. The average Bonchev–Trinajstić information content (AvgIpc) is 1.98. The molecule has 0 aliphatic heterocycles. The fourth-order valence-electron chi connectivity index (χ4n) is 0.179. The van der Waals surface area contributed by atoms with Gasteiger partial charge >= 0.3 is 15.6 Å². The van der Waals surface area contributed by atoms with Crippen molar-refractivity contribution in [3.63, 3.8) is 0 Å². The topological polar surface area (TPSA) is 139 Å². The van der Waals surface area contributed by atoms with Gasteiger partial charge in [0, 0.05) is 0 Å². The van der Waals surface area contributed by atoms with E-state index in [-0.39, 0.29) is 12.6 Å². The van der Waals surface area contributed by atoms with Crippen LogP contribution in [0.25, 0.3) is 0 Å². The summed E-state index contributed by atoms with van der Waals surface area (Å²) < 4.78 is 57.5. The van der Waals surface area contributed by atoms with Gasteiger partial charge in [-0.15, -0.1) is 0 Å². The molecule has 0 bridgehead atoms. The number of hydrogen-bond donors (Lipinski definition) is 4. The van der Waals surface area contributed by atoms with Crippen molar-refractivity contribution in [1.29, 1.82) is 0 Å². The molecule has 0 aromatic carbocycles. The number of nitrogens with zero attached hydrogens (tertiary/aromatic N) is 1. The Bertz CT molecular complexity index is 295. The predicted molar refractivity (Wildman–Crippen MR) is 45.4 cm³/mol. The summed E-state index contributed by atoms with van der Waals surface area (Å²) in [5, 5.41) is 8.10. The smallest absolute Gasteiger partial charge is 0.394 e. The van der Waals surface area contributed by atoms with E-state index in [0.29, 0.717) is 6.54 Å². The van der Waals surface area contributed by atoms with E-state index in [1.165, 1.54) is 0 Å². The van der Waals surface area contributed by atoms with E-state index in [2.05, 4.69) is 4.99 Å². The van der Waals surface area contributed by atoms with Crippen molar-refractivity contribution in [3.8, 4) is 0 Å². The first-order chi connectivity index (χ1) is 6.52. The first kappa shape index (κ1) is 16.4. The fourth-order valence-corrected chi connectivity index (χ4v) is 0.179. The zero-order valence-corrected chi connectivity index (χ0v) is 8.09. The van der Waals surface area contributed by atoms with Gasteiger partial charge in [-0.1, -0.05) is 0 Å². The average molecular weight is 253 g/mol. The molecule has 0 heterocycles. The molecule has 15 heavy (non-hydrogen) atoms. The van der Waals surface area contributed by atoms with Crippen LogP contribution in [0.4, 0.5) is 13.2 Å². The number of alkyl halides is 3. The summed E-state index contributed by atoms with van der Waals surface area (Å²) in [5.74, 6) is 0.0223. The molecular weight excluding hydrogens is 243 g/mol. The quantitative estimate of drug-likeness (QED) is 0.207. The highest BCUT2D eigenvalue weighted by atomic mass is 32.2. The first-order valence-electron chi connectivity index (χ1n) is 3.22. The lowest BCUT2D eigenvalue weighted by Gasteiger charge is -1.97. The van der Waals surface area contributed by atoms with Crippen LogP contribution in [0.3, 0.4) is 0 Å². The number of aliphatic hydroxyl groups is 1. The van der Waals surface area contributed by atoms with Crippen molar-refractivity contribution >= 4 is 16.1 Å². The van der Waals surface area contributed by atoms with Crippen molar-refractivity contribution < 1.29 is 31.2 Å². The third kappa shape index (κ3) is 10.9. The Morgan fingerprint density at radius 3 is 1.73 bits per heavy atom. The Labute approximate surface area is 83.3 Å². The van der Waals surface area contributed by atoms with E-state index >= 15 is 0 Å². The van der Waals surface area contributed by atoms with E-state index in [9.17, 15) is 13.2 Å². The van der Waals surface area contributed by atoms with Crippen LogP contribution in [0.5, 0.6) is 0 Å². The molecule has 0 radical (unpaired) electrons. The Hall–Kier alpha value is -1.07. The second kappa shape index (κ2) is 6.42. The standard InChI is InChI=1S/C3H9N3O.CHF3O3S/c4-3(5)6-1-2-7;2-1(3,4)8(5,6)7/h7H,1-2H2,(H4,4,5,6);(H,5,6,7). The van der Waals surface area contributed by atoms with Crippen LogP contribution in [-0.4, -0.2) is 42.7 Å². The Morgan fingerprint density at radius 2 is 1.67 bits per heavy atom. The second-order valence-corrected chi connectivity index (χ2v) is 3.36. The molecule has 0 saturated heterocycles. The maximum absolute atomic E-state index is 10.7. The number of hydrogen-bond acceptors (Lipinski definition) is 4. The molecule has 0 aliphatic carbocycles. The minimum Gasteiger partial charge on any atom is -0.394 e. The molecule has 0 aliphatic rings. The lowest BCUT2D eigenvalue weighted by molar-refractivity contribution is -0.0510. The third-order valence-electron chi connectivity index (χ3n) is 0.687. The van der Waals surface area contributed by atoms with E-state index in [0.717, 1.165) is 0 Å². The van der Waals surface area contributed by atoms with E-state index < -0.39 is 15.6 Å². The van der Waals surface area contributed by atoms with Crippen LogP contribution < -0.4 is 11.5 Å². The predicted octanol–water partition coefficient (Wildman–Crippen LogP) is -1.35. The molecule has 7 nitrogen and oxygen atoms in total. The molecular formula is C4H10F3N3O4S. The van der Waals surface area contributed by atoms with Crippen LogP contribution >= 0.6 is 0 Å². The molecule has 6 N–H and O–H groups in total. The van der Waals surface area contributed by atoms with Gasteiger partial charge < -0.3 is 16.6 Å². The maximum Gasteiger partial charge on any atom is 0.522 e. The Kier molecular flexibility index (Phi) is 7.00. The molecule has 0 aromatic rings. The van der Waals surface area contributed by atoms with E-state index in [4.69, 9.17) is 29.5 Å². The summed E-state index contributed by atoms with van der Waals surface area (Å²) in [5.41, 5.74) is 4.26. The summed E-state index contributed by atoms with van der Waals surface area (Å²) in [6.45, 7) is 0.292. The van der Waals surface area contributed by atoms with Crippen LogP contribution in [0.15, 0.2) is 4.99 Å². The van der Waals surface area contributed by atoms with Gasteiger partial charge in [-0.25, -0.2) is 0 Å². The Morgan fingerprint density at radius 1 is 1.33 bits per heavy atom. The molecule has 11 heteroatoms. The summed E-state index contributed by atoms with van der Waals surface area (Å²) in [6.07, 6.45) is 0. The Balaban J connectivity index is 0. The summed E-state index contributed by atoms with van der Waals surface area (Å²) in [6, 6.07) is 0. The van der Waals surface area contributed by atoms with Crippen LogP contribution in [0.2, 0.25) is 0 Å². The molecule has 0 atom stereocenters. The van der Waals surface area contributed by atoms with Gasteiger partial charge in [0.2, 0.25) is 0 Å².